The highest BCUT2D eigenvalue weighted by Crippen LogP contribution is 2.33. The largest absolute Gasteiger partial charge is 0.444 e. The lowest BCUT2D eigenvalue weighted by atomic mass is 10.0. The van der Waals surface area contributed by atoms with E-state index in [1.54, 1.807) is 0 Å². The van der Waals surface area contributed by atoms with Gasteiger partial charge in [0.15, 0.2) is 0 Å². The molecule has 2 fully saturated rings. The zero-order valence-corrected chi connectivity index (χ0v) is 40.8. The molecule has 5 N–H and O–H groups in total. The third-order valence-electron chi connectivity index (χ3n) is 9.41. The minimum Gasteiger partial charge on any atom is -0.444 e. The molecule has 2 aliphatic rings. The standard InChI is InChI=1S/C44H87N5O15S/c1-44(2,3)64-43(51)47-12-11-45-10-7-14-52-16-18-54-20-22-56-24-26-58-28-30-60-32-34-62-36-37-63-35-33-61-31-29-59-27-25-57-23-21-55-19-17-53-15-13-46-9-6-4-5-8-40-41-39(38-65-40)48-42(50)49-41/h39-41,45-46H,4-38H2,1-3H3,(H,47,51)(H2,48,49,50)/t39-,40-,41-/m0/s1. The van der Waals surface area contributed by atoms with Crippen LogP contribution in [0.15, 0.2) is 0 Å². The van der Waals surface area contributed by atoms with E-state index < -0.39 is 11.7 Å². The van der Waals surface area contributed by atoms with Crippen LogP contribution >= 0.6 is 11.8 Å². The lowest BCUT2D eigenvalue weighted by Crippen LogP contribution is -2.36. The van der Waals surface area contributed by atoms with Crippen molar-refractivity contribution in [1.82, 2.24) is 26.6 Å². The van der Waals surface area contributed by atoms with Crippen molar-refractivity contribution in [2.45, 2.75) is 75.8 Å². The van der Waals surface area contributed by atoms with Gasteiger partial charge in [0, 0.05) is 37.2 Å². The quantitative estimate of drug-likeness (QED) is 0.0436. The molecule has 0 radical (unpaired) electrons. The SMILES string of the molecule is CC(C)(C)OC(=O)NCCNCCCOCCOCCOCCOCCOCCOCCOCCOCCOCCOCCOCCOCCNCCCCC[C@@H]1SC[C@@H]2NC(=O)N[C@@H]21. The van der Waals surface area contributed by atoms with Crippen molar-refractivity contribution in [3.63, 3.8) is 0 Å². The minimum atomic E-state index is -0.488. The number of hydrogen-bond acceptors (Lipinski definition) is 18. The first-order chi connectivity index (χ1) is 31.8. The topological polar surface area (TPSA) is 214 Å². The summed E-state index contributed by atoms with van der Waals surface area (Å²) in [5.74, 6) is 1.03. The molecule has 2 saturated heterocycles. The summed E-state index contributed by atoms with van der Waals surface area (Å²) in [6, 6.07) is 0.616. The summed E-state index contributed by atoms with van der Waals surface area (Å²) in [6.07, 6.45) is 5.20. The smallest absolute Gasteiger partial charge is 0.407 e. The number of fused-ring (bicyclic) bond motifs is 1. The second-order valence-electron chi connectivity index (χ2n) is 16.1. The highest BCUT2D eigenvalue weighted by molar-refractivity contribution is 8.00. The highest BCUT2D eigenvalue weighted by atomic mass is 32.2. The molecule has 0 aromatic carbocycles. The van der Waals surface area contributed by atoms with Crippen molar-refractivity contribution in [2.75, 3.05) is 197 Å². The van der Waals surface area contributed by atoms with Crippen LogP contribution in [0, 0.1) is 0 Å². The molecule has 65 heavy (non-hydrogen) atoms. The maximum atomic E-state index is 11.6. The molecule has 0 bridgehead atoms. The maximum absolute atomic E-state index is 11.6. The van der Waals surface area contributed by atoms with Crippen LogP contribution in [0.25, 0.3) is 0 Å². The second kappa shape index (κ2) is 43.6. The summed E-state index contributed by atoms with van der Waals surface area (Å²) in [5.41, 5.74) is -0.488. The lowest BCUT2D eigenvalue weighted by molar-refractivity contribution is -0.0283. The monoisotopic (exact) mass is 958 g/mol. The third kappa shape index (κ3) is 38.9. The van der Waals surface area contributed by atoms with Crippen LogP contribution in [0.1, 0.15) is 52.9 Å². The number of amides is 3. The number of nitrogens with one attached hydrogen (secondary N) is 5. The number of thioether (sulfide) groups is 1. The summed E-state index contributed by atoms with van der Waals surface area (Å²) in [4.78, 5) is 23.0. The number of alkyl carbamates (subject to hydrolysis) is 1. The summed E-state index contributed by atoms with van der Waals surface area (Å²) < 4.78 is 71.6. The molecule has 3 amide bonds. The number of ether oxygens (including phenoxy) is 13. The molecular weight excluding hydrogens is 871 g/mol. The van der Waals surface area contributed by atoms with E-state index in [0.717, 1.165) is 38.2 Å². The van der Waals surface area contributed by atoms with E-state index in [0.29, 0.717) is 189 Å². The Kier molecular flexibility index (Phi) is 39.9. The fourth-order valence-electron chi connectivity index (χ4n) is 6.20. The first-order valence-electron chi connectivity index (χ1n) is 23.8. The summed E-state index contributed by atoms with van der Waals surface area (Å²) in [5, 5.41) is 16.0. The fourth-order valence-corrected chi connectivity index (χ4v) is 7.74. The molecule has 0 aromatic rings. The van der Waals surface area contributed by atoms with Crippen LogP contribution in [-0.2, 0) is 61.6 Å². The van der Waals surface area contributed by atoms with Gasteiger partial charge in [0.2, 0.25) is 0 Å². The minimum absolute atomic E-state index is 0.00782. The molecule has 0 saturated carbocycles. The Morgan fingerprint density at radius 3 is 1.34 bits per heavy atom. The van der Waals surface area contributed by atoms with E-state index in [1.807, 2.05) is 32.5 Å². The van der Waals surface area contributed by atoms with Crippen LogP contribution in [0.3, 0.4) is 0 Å². The molecule has 3 atom stereocenters. The Bertz CT molecular complexity index is 1090. The van der Waals surface area contributed by atoms with Gasteiger partial charge in [-0.25, -0.2) is 9.59 Å². The maximum Gasteiger partial charge on any atom is 0.407 e. The average molecular weight is 958 g/mol. The highest BCUT2D eigenvalue weighted by Gasteiger charge is 2.42. The van der Waals surface area contributed by atoms with Gasteiger partial charge in [-0.15, -0.1) is 0 Å². The number of carbonyl (C=O) groups is 2. The van der Waals surface area contributed by atoms with E-state index in [4.69, 9.17) is 61.6 Å². The average Bonchev–Trinajstić information content (AvgIpc) is 3.84. The summed E-state index contributed by atoms with van der Waals surface area (Å²) >= 11 is 1.98. The Hall–Kier alpha value is -1.67. The Morgan fingerprint density at radius 1 is 0.492 bits per heavy atom. The fraction of sp³-hybridized carbons (Fsp3) is 0.955. The number of hydrogen-bond donors (Lipinski definition) is 5. The molecule has 2 heterocycles. The Balaban J connectivity index is 1.11. The second-order valence-corrected chi connectivity index (χ2v) is 17.4. The van der Waals surface area contributed by atoms with Gasteiger partial charge in [-0.3, -0.25) is 0 Å². The molecular formula is C44H87N5O15S. The Morgan fingerprint density at radius 2 is 0.892 bits per heavy atom. The first-order valence-corrected chi connectivity index (χ1v) is 24.9. The van der Waals surface area contributed by atoms with Gasteiger partial charge in [-0.1, -0.05) is 12.8 Å². The number of carbonyl (C=O) groups excluding carboxylic acids is 2. The van der Waals surface area contributed by atoms with Gasteiger partial charge in [0.05, 0.1) is 164 Å². The Labute approximate surface area is 393 Å². The van der Waals surface area contributed by atoms with E-state index in [-0.39, 0.29) is 6.03 Å². The van der Waals surface area contributed by atoms with E-state index in [9.17, 15) is 9.59 Å². The number of rotatable bonds is 49. The van der Waals surface area contributed by atoms with Gasteiger partial charge in [0.1, 0.15) is 5.60 Å². The van der Waals surface area contributed by atoms with Crippen LogP contribution in [-0.4, -0.2) is 232 Å². The molecule has 2 rings (SSSR count). The third-order valence-corrected chi connectivity index (χ3v) is 10.9. The van der Waals surface area contributed by atoms with Crippen molar-refractivity contribution >= 4 is 23.9 Å². The van der Waals surface area contributed by atoms with E-state index in [1.165, 1.54) is 19.3 Å². The van der Waals surface area contributed by atoms with Gasteiger partial charge in [-0.05, 0) is 53.1 Å². The molecule has 0 aromatic heterocycles. The van der Waals surface area contributed by atoms with Crippen LogP contribution in [0.4, 0.5) is 9.59 Å². The molecule has 0 unspecified atom stereocenters. The number of unbranched alkanes of at least 4 members (excludes halogenated alkanes) is 2. The van der Waals surface area contributed by atoms with Gasteiger partial charge in [-0.2, -0.15) is 11.8 Å². The zero-order chi connectivity index (χ0) is 46.6. The molecule has 2 aliphatic heterocycles. The van der Waals surface area contributed by atoms with Crippen LogP contribution < -0.4 is 26.6 Å². The molecule has 384 valence electrons. The van der Waals surface area contributed by atoms with Crippen molar-refractivity contribution in [1.29, 1.82) is 0 Å². The molecule has 21 heteroatoms. The van der Waals surface area contributed by atoms with Crippen LogP contribution in [0.5, 0.6) is 0 Å². The number of urea groups is 1. The van der Waals surface area contributed by atoms with Gasteiger partial charge in [0.25, 0.3) is 0 Å². The van der Waals surface area contributed by atoms with Gasteiger partial charge >= 0.3 is 12.1 Å². The predicted octanol–water partition coefficient (Wildman–Crippen LogP) is 2.01. The molecule has 20 nitrogen and oxygen atoms in total. The zero-order valence-electron chi connectivity index (χ0n) is 40.0. The van der Waals surface area contributed by atoms with Crippen molar-refractivity contribution < 1.29 is 71.2 Å². The summed E-state index contributed by atoms with van der Waals surface area (Å²) in [6.45, 7) is 21.9. The first kappa shape index (κ1) is 59.5. The van der Waals surface area contributed by atoms with E-state index >= 15 is 0 Å². The predicted molar refractivity (Wildman–Crippen MR) is 248 cm³/mol. The molecule has 0 aliphatic carbocycles. The van der Waals surface area contributed by atoms with E-state index in [2.05, 4.69) is 26.6 Å². The normalized spacial score (nSPS) is 17.1. The van der Waals surface area contributed by atoms with Crippen molar-refractivity contribution in [2.24, 2.45) is 0 Å². The van der Waals surface area contributed by atoms with Crippen LogP contribution in [0.2, 0.25) is 0 Å². The lowest BCUT2D eigenvalue weighted by Gasteiger charge is -2.19. The van der Waals surface area contributed by atoms with Crippen molar-refractivity contribution in [3.05, 3.63) is 0 Å². The summed E-state index contributed by atoms with van der Waals surface area (Å²) in [7, 11) is 0. The van der Waals surface area contributed by atoms with Crippen molar-refractivity contribution in [3.8, 4) is 0 Å². The van der Waals surface area contributed by atoms with Gasteiger partial charge < -0.3 is 88.2 Å². The molecule has 0 spiro atoms.